The number of nitrogens with zero attached hydrogens (tertiary/aromatic N) is 1. The van der Waals surface area contributed by atoms with Gasteiger partial charge in [0, 0.05) is 31.4 Å². The van der Waals surface area contributed by atoms with Crippen LogP contribution in [0.1, 0.15) is 6.42 Å². The van der Waals surface area contributed by atoms with E-state index in [1.807, 2.05) is 0 Å². The summed E-state index contributed by atoms with van der Waals surface area (Å²) in [7, 11) is 0. The molecule has 0 aromatic heterocycles. The lowest BCUT2D eigenvalue weighted by Crippen LogP contribution is -2.37. The summed E-state index contributed by atoms with van der Waals surface area (Å²) in [6, 6.07) is 4.37. The van der Waals surface area contributed by atoms with Crippen molar-refractivity contribution in [2.45, 2.75) is 6.42 Å². The Morgan fingerprint density at radius 3 is 2.89 bits per heavy atom. The number of benzene rings is 1. The van der Waals surface area contributed by atoms with E-state index in [-0.39, 0.29) is 11.6 Å². The van der Waals surface area contributed by atoms with Gasteiger partial charge in [0.2, 0.25) is 0 Å². The fraction of sp³-hybridized carbons (Fsp3) is 0.538. The van der Waals surface area contributed by atoms with Gasteiger partial charge < -0.3 is 15.2 Å². The van der Waals surface area contributed by atoms with Crippen LogP contribution >= 0.6 is 0 Å². The van der Waals surface area contributed by atoms with Gasteiger partial charge in [-0.25, -0.2) is 4.39 Å². The van der Waals surface area contributed by atoms with Crippen LogP contribution < -0.4 is 10.5 Å². The van der Waals surface area contributed by atoms with Crippen LogP contribution in [0.3, 0.4) is 0 Å². The maximum Gasteiger partial charge on any atom is 0.165 e. The fourth-order valence-corrected chi connectivity index (χ4v) is 1.93. The van der Waals surface area contributed by atoms with Crippen molar-refractivity contribution in [3.05, 3.63) is 24.0 Å². The Kier molecular flexibility index (Phi) is 4.78. The lowest BCUT2D eigenvalue weighted by molar-refractivity contribution is 0.0357. The molecule has 0 unspecified atom stereocenters. The summed E-state index contributed by atoms with van der Waals surface area (Å²) in [6.45, 7) is 4.97. The SMILES string of the molecule is Nc1ccc(F)c(OCCCN2CCOCC2)c1. The Labute approximate surface area is 106 Å². The highest BCUT2D eigenvalue weighted by molar-refractivity contribution is 5.44. The van der Waals surface area contributed by atoms with Crippen LogP contribution in [-0.2, 0) is 4.74 Å². The third-order valence-electron chi connectivity index (χ3n) is 2.94. The van der Waals surface area contributed by atoms with E-state index in [0.717, 1.165) is 39.3 Å². The summed E-state index contributed by atoms with van der Waals surface area (Å²) in [4.78, 5) is 2.32. The van der Waals surface area contributed by atoms with Crippen molar-refractivity contribution in [1.82, 2.24) is 4.90 Å². The van der Waals surface area contributed by atoms with Crippen molar-refractivity contribution in [3.63, 3.8) is 0 Å². The third-order valence-corrected chi connectivity index (χ3v) is 2.94. The van der Waals surface area contributed by atoms with Crippen molar-refractivity contribution in [2.24, 2.45) is 0 Å². The molecule has 0 saturated carbocycles. The van der Waals surface area contributed by atoms with Gasteiger partial charge >= 0.3 is 0 Å². The molecule has 1 aliphatic rings. The Morgan fingerprint density at radius 1 is 1.33 bits per heavy atom. The zero-order valence-corrected chi connectivity index (χ0v) is 10.4. The first-order valence-corrected chi connectivity index (χ1v) is 6.23. The summed E-state index contributed by atoms with van der Waals surface area (Å²) in [5.41, 5.74) is 6.09. The molecule has 2 N–H and O–H groups in total. The van der Waals surface area contributed by atoms with E-state index in [4.69, 9.17) is 15.2 Å². The lowest BCUT2D eigenvalue weighted by Gasteiger charge is -2.26. The number of halogens is 1. The van der Waals surface area contributed by atoms with Gasteiger partial charge in [0.05, 0.1) is 19.8 Å². The monoisotopic (exact) mass is 254 g/mol. The van der Waals surface area contributed by atoms with Crippen molar-refractivity contribution < 1.29 is 13.9 Å². The van der Waals surface area contributed by atoms with Crippen LogP contribution in [0.2, 0.25) is 0 Å². The van der Waals surface area contributed by atoms with Crippen LogP contribution in [0, 0.1) is 5.82 Å². The Balaban J connectivity index is 1.69. The van der Waals surface area contributed by atoms with Crippen molar-refractivity contribution in [3.8, 4) is 5.75 Å². The van der Waals surface area contributed by atoms with Crippen LogP contribution in [0.4, 0.5) is 10.1 Å². The maximum atomic E-state index is 13.3. The Bertz CT molecular complexity index is 381. The minimum atomic E-state index is -0.365. The molecule has 5 heteroatoms. The average Bonchev–Trinajstić information content (AvgIpc) is 2.40. The summed E-state index contributed by atoms with van der Waals surface area (Å²) in [5, 5.41) is 0. The van der Waals surface area contributed by atoms with E-state index in [0.29, 0.717) is 12.3 Å². The van der Waals surface area contributed by atoms with Gasteiger partial charge in [-0.1, -0.05) is 0 Å². The van der Waals surface area contributed by atoms with E-state index < -0.39 is 0 Å². The molecule has 0 atom stereocenters. The zero-order chi connectivity index (χ0) is 12.8. The predicted molar refractivity (Wildman–Crippen MR) is 68.2 cm³/mol. The summed E-state index contributed by atoms with van der Waals surface area (Å²) in [6.07, 6.45) is 0.869. The van der Waals surface area contributed by atoms with E-state index in [2.05, 4.69) is 4.90 Å². The number of ether oxygens (including phenoxy) is 2. The molecular formula is C13H19FN2O2. The van der Waals surface area contributed by atoms with E-state index in [1.165, 1.54) is 18.2 Å². The number of rotatable bonds is 5. The van der Waals surface area contributed by atoms with E-state index >= 15 is 0 Å². The highest BCUT2D eigenvalue weighted by atomic mass is 19.1. The first-order valence-electron chi connectivity index (χ1n) is 6.23. The quantitative estimate of drug-likeness (QED) is 0.639. The maximum absolute atomic E-state index is 13.3. The summed E-state index contributed by atoms with van der Waals surface area (Å²) >= 11 is 0. The molecule has 100 valence electrons. The molecule has 1 saturated heterocycles. The molecule has 2 rings (SSSR count). The Morgan fingerprint density at radius 2 is 2.11 bits per heavy atom. The van der Waals surface area contributed by atoms with Crippen molar-refractivity contribution in [1.29, 1.82) is 0 Å². The second-order valence-electron chi connectivity index (χ2n) is 4.35. The number of anilines is 1. The highest BCUT2D eigenvalue weighted by Crippen LogP contribution is 2.20. The van der Waals surface area contributed by atoms with Crippen molar-refractivity contribution >= 4 is 5.69 Å². The summed E-state index contributed by atoms with van der Waals surface area (Å²) < 4.78 is 24.0. The molecule has 0 bridgehead atoms. The third kappa shape index (κ3) is 3.85. The van der Waals surface area contributed by atoms with Crippen molar-refractivity contribution in [2.75, 3.05) is 45.2 Å². The largest absolute Gasteiger partial charge is 0.490 e. The molecule has 1 fully saturated rings. The van der Waals surface area contributed by atoms with Gasteiger partial charge in [-0.3, -0.25) is 4.90 Å². The first kappa shape index (κ1) is 13.1. The molecule has 1 aromatic carbocycles. The van der Waals surface area contributed by atoms with Gasteiger partial charge in [0.1, 0.15) is 0 Å². The molecule has 0 aliphatic carbocycles. The smallest absolute Gasteiger partial charge is 0.165 e. The van der Waals surface area contributed by atoms with Gasteiger partial charge in [0.25, 0.3) is 0 Å². The average molecular weight is 254 g/mol. The first-order chi connectivity index (χ1) is 8.75. The highest BCUT2D eigenvalue weighted by Gasteiger charge is 2.09. The van der Waals surface area contributed by atoms with Gasteiger partial charge in [0.15, 0.2) is 11.6 Å². The molecule has 4 nitrogen and oxygen atoms in total. The van der Waals surface area contributed by atoms with Crippen LogP contribution in [-0.4, -0.2) is 44.4 Å². The molecule has 0 amide bonds. The lowest BCUT2D eigenvalue weighted by atomic mass is 10.3. The van der Waals surface area contributed by atoms with Crippen LogP contribution in [0.5, 0.6) is 5.75 Å². The molecule has 1 aromatic rings. The van der Waals surface area contributed by atoms with E-state index in [9.17, 15) is 4.39 Å². The number of morpholine rings is 1. The second-order valence-corrected chi connectivity index (χ2v) is 4.35. The van der Waals surface area contributed by atoms with Gasteiger partial charge in [-0.05, 0) is 18.6 Å². The normalized spacial score (nSPS) is 16.7. The number of hydrogen-bond acceptors (Lipinski definition) is 4. The van der Waals surface area contributed by atoms with Crippen LogP contribution in [0.15, 0.2) is 18.2 Å². The standard InChI is InChI=1S/C13H19FN2O2/c14-12-3-2-11(15)10-13(12)18-7-1-4-16-5-8-17-9-6-16/h2-3,10H,1,4-9,15H2. The van der Waals surface area contributed by atoms with E-state index in [1.54, 1.807) is 0 Å². The fourth-order valence-electron chi connectivity index (χ4n) is 1.93. The molecule has 0 spiro atoms. The predicted octanol–water partition coefficient (Wildman–Crippen LogP) is 1.51. The minimum Gasteiger partial charge on any atom is -0.490 e. The molecule has 1 aliphatic heterocycles. The summed E-state index contributed by atoms with van der Waals surface area (Å²) in [5.74, 6) is -0.132. The molecule has 1 heterocycles. The van der Waals surface area contributed by atoms with Gasteiger partial charge in [-0.15, -0.1) is 0 Å². The number of nitrogens with two attached hydrogens (primary N) is 1. The topological polar surface area (TPSA) is 47.7 Å². The second kappa shape index (κ2) is 6.56. The zero-order valence-electron chi connectivity index (χ0n) is 10.4. The Hall–Kier alpha value is -1.33. The molecule has 0 radical (unpaired) electrons. The number of hydrogen-bond donors (Lipinski definition) is 1. The minimum absolute atomic E-state index is 0.233. The van der Waals surface area contributed by atoms with Crippen LogP contribution in [0.25, 0.3) is 0 Å². The van der Waals surface area contributed by atoms with Gasteiger partial charge in [-0.2, -0.15) is 0 Å². The molecule has 18 heavy (non-hydrogen) atoms. The number of nitrogen functional groups attached to an aromatic ring is 1. The molecular weight excluding hydrogens is 235 g/mol.